The first kappa shape index (κ1) is 18.9. The Balaban J connectivity index is 2.03. The highest BCUT2D eigenvalue weighted by Crippen LogP contribution is 2.27. The van der Waals surface area contributed by atoms with Crippen molar-refractivity contribution in [2.24, 2.45) is 0 Å². The minimum Gasteiger partial charge on any atom is -0.192 e. The van der Waals surface area contributed by atoms with Crippen molar-refractivity contribution in [3.05, 3.63) is 126 Å². The Morgan fingerprint density at radius 2 is 0.966 bits per heavy atom. The molecule has 4 rings (SSSR count). The summed E-state index contributed by atoms with van der Waals surface area (Å²) in [5, 5.41) is 13.4. The maximum Gasteiger partial charge on any atom is 0.155 e. The summed E-state index contributed by atoms with van der Waals surface area (Å²) in [6, 6.07) is 43.2. The lowest BCUT2D eigenvalue weighted by Crippen LogP contribution is -2.70. The van der Waals surface area contributed by atoms with Gasteiger partial charge in [0.1, 0.15) is 0 Å². The molecule has 0 aliphatic carbocycles. The highest BCUT2D eigenvalue weighted by atomic mass is 28.3. The third-order valence-electron chi connectivity index (χ3n) is 5.88. The van der Waals surface area contributed by atoms with Crippen molar-refractivity contribution in [3.63, 3.8) is 0 Å². The van der Waals surface area contributed by atoms with E-state index in [1.807, 2.05) is 12.1 Å². The highest BCUT2D eigenvalue weighted by Gasteiger charge is 2.44. The van der Waals surface area contributed by atoms with Gasteiger partial charge in [0.15, 0.2) is 8.07 Å². The van der Waals surface area contributed by atoms with Crippen LogP contribution >= 0.6 is 0 Å². The van der Waals surface area contributed by atoms with Crippen LogP contribution in [0.25, 0.3) is 0 Å². The van der Waals surface area contributed by atoms with Crippen LogP contribution in [-0.2, 0) is 0 Å². The summed E-state index contributed by atoms with van der Waals surface area (Å²) in [5.74, 6) is 0. The Hall–Kier alpha value is -3.41. The van der Waals surface area contributed by atoms with Crippen molar-refractivity contribution >= 4 is 23.6 Å². The Labute approximate surface area is 173 Å². The number of nitriles is 1. The standard InChI is InChI=1S/C27H23NSi/c1-22(24-19-17-23(21-28)18-20-24)29(25-11-5-2-6-12-25,26-13-7-3-8-14-26)27-15-9-4-10-16-27/h2-20,22H,1H3. The third-order valence-corrected chi connectivity index (χ3v) is 11.2. The number of nitrogens with zero attached hydrogens (tertiary/aromatic N) is 1. The van der Waals surface area contributed by atoms with Gasteiger partial charge in [-0.25, -0.2) is 0 Å². The van der Waals surface area contributed by atoms with E-state index >= 15 is 0 Å². The molecule has 0 heterocycles. The van der Waals surface area contributed by atoms with Crippen molar-refractivity contribution in [2.45, 2.75) is 12.5 Å². The van der Waals surface area contributed by atoms with Gasteiger partial charge in [0, 0.05) is 0 Å². The summed E-state index contributed by atoms with van der Waals surface area (Å²) in [5.41, 5.74) is 2.27. The minimum atomic E-state index is -2.38. The fraction of sp³-hybridized carbons (Fsp3) is 0.0741. The summed E-state index contributed by atoms with van der Waals surface area (Å²) < 4.78 is 0. The van der Waals surface area contributed by atoms with E-state index in [0.29, 0.717) is 11.1 Å². The topological polar surface area (TPSA) is 23.8 Å². The van der Waals surface area contributed by atoms with Gasteiger partial charge >= 0.3 is 0 Å². The lowest BCUT2D eigenvalue weighted by molar-refractivity contribution is 1.04. The first-order valence-electron chi connectivity index (χ1n) is 9.93. The van der Waals surface area contributed by atoms with Gasteiger partial charge in [0.2, 0.25) is 0 Å². The van der Waals surface area contributed by atoms with Crippen LogP contribution in [0.1, 0.15) is 23.6 Å². The molecule has 0 saturated carbocycles. The van der Waals surface area contributed by atoms with Crippen LogP contribution in [0.5, 0.6) is 0 Å². The van der Waals surface area contributed by atoms with Gasteiger partial charge in [-0.3, -0.25) is 0 Å². The van der Waals surface area contributed by atoms with E-state index in [-0.39, 0.29) is 0 Å². The summed E-state index contributed by atoms with van der Waals surface area (Å²) >= 11 is 0. The zero-order chi connectivity index (χ0) is 20.1. The predicted molar refractivity (Wildman–Crippen MR) is 124 cm³/mol. The summed E-state index contributed by atoms with van der Waals surface area (Å²) in [6.45, 7) is 2.35. The molecule has 1 unspecified atom stereocenters. The average molecular weight is 390 g/mol. The molecule has 0 radical (unpaired) electrons. The normalized spacial score (nSPS) is 12.1. The Morgan fingerprint density at radius 3 is 1.31 bits per heavy atom. The van der Waals surface area contributed by atoms with Gasteiger partial charge in [-0.2, -0.15) is 5.26 Å². The molecule has 0 fully saturated rings. The Morgan fingerprint density at radius 1 is 0.586 bits per heavy atom. The fourth-order valence-corrected chi connectivity index (χ4v) is 9.80. The highest BCUT2D eigenvalue weighted by molar-refractivity contribution is 7.12. The van der Waals surface area contributed by atoms with Crippen molar-refractivity contribution < 1.29 is 0 Å². The first-order chi connectivity index (χ1) is 14.3. The van der Waals surface area contributed by atoms with Crippen molar-refractivity contribution in [1.29, 1.82) is 5.26 Å². The second-order valence-electron chi connectivity index (χ2n) is 7.36. The van der Waals surface area contributed by atoms with Crippen LogP contribution < -0.4 is 15.6 Å². The number of rotatable bonds is 5. The van der Waals surface area contributed by atoms with E-state index in [1.54, 1.807) is 0 Å². The van der Waals surface area contributed by atoms with Crippen LogP contribution in [0.15, 0.2) is 115 Å². The molecule has 1 atom stereocenters. The molecular formula is C27H23NSi. The molecule has 0 N–H and O–H groups in total. The first-order valence-corrected chi connectivity index (χ1v) is 12.0. The lowest BCUT2D eigenvalue weighted by Gasteiger charge is -2.39. The predicted octanol–water partition coefficient (Wildman–Crippen LogP) is 4.37. The quantitative estimate of drug-likeness (QED) is 0.367. The van der Waals surface area contributed by atoms with Crippen LogP contribution in [-0.4, -0.2) is 8.07 Å². The van der Waals surface area contributed by atoms with Crippen LogP contribution in [0.2, 0.25) is 0 Å². The number of hydrogen-bond acceptors (Lipinski definition) is 1. The molecule has 0 amide bonds. The molecule has 0 spiro atoms. The molecule has 0 aromatic heterocycles. The van der Waals surface area contributed by atoms with Gasteiger partial charge in [-0.1, -0.05) is 110 Å². The van der Waals surface area contributed by atoms with E-state index in [9.17, 15) is 5.26 Å². The zero-order valence-corrected chi connectivity index (χ0v) is 17.5. The molecule has 140 valence electrons. The lowest BCUT2D eigenvalue weighted by atomic mass is 10.1. The molecule has 0 aliphatic rings. The van der Waals surface area contributed by atoms with Crippen molar-refractivity contribution in [1.82, 2.24) is 0 Å². The number of benzene rings is 4. The van der Waals surface area contributed by atoms with Crippen LogP contribution in [0.4, 0.5) is 0 Å². The second kappa shape index (κ2) is 8.30. The van der Waals surface area contributed by atoms with Crippen LogP contribution in [0.3, 0.4) is 0 Å². The SMILES string of the molecule is CC(c1ccc(C#N)cc1)[Si](c1ccccc1)(c1ccccc1)c1ccccc1. The van der Waals surface area contributed by atoms with E-state index in [0.717, 1.165) is 0 Å². The fourth-order valence-electron chi connectivity index (χ4n) is 4.45. The summed E-state index contributed by atoms with van der Waals surface area (Å²) in [4.78, 5) is 0. The van der Waals surface area contributed by atoms with Gasteiger partial charge in [-0.15, -0.1) is 0 Å². The average Bonchev–Trinajstić information content (AvgIpc) is 2.82. The minimum absolute atomic E-state index is 0.294. The zero-order valence-electron chi connectivity index (χ0n) is 16.5. The maximum atomic E-state index is 9.22. The van der Waals surface area contributed by atoms with Gasteiger partial charge in [0.05, 0.1) is 11.6 Å². The molecule has 1 nitrogen and oxygen atoms in total. The van der Waals surface area contributed by atoms with Gasteiger partial charge in [-0.05, 0) is 38.8 Å². The Kier molecular flexibility index (Phi) is 5.42. The Bertz CT molecular complexity index is 1000. The van der Waals surface area contributed by atoms with Crippen molar-refractivity contribution in [3.8, 4) is 6.07 Å². The molecule has 0 saturated heterocycles. The molecule has 4 aromatic carbocycles. The largest absolute Gasteiger partial charge is 0.192 e. The molecule has 0 aliphatic heterocycles. The summed E-state index contributed by atoms with van der Waals surface area (Å²) in [6.07, 6.45) is 0. The maximum absolute atomic E-state index is 9.22. The molecule has 0 bridgehead atoms. The van der Waals surface area contributed by atoms with Crippen LogP contribution in [0, 0.1) is 11.3 Å². The van der Waals surface area contributed by atoms with Gasteiger partial charge < -0.3 is 0 Å². The van der Waals surface area contributed by atoms with E-state index in [4.69, 9.17) is 0 Å². The molecule has 29 heavy (non-hydrogen) atoms. The number of hydrogen-bond donors (Lipinski definition) is 0. The molecular weight excluding hydrogens is 366 g/mol. The van der Waals surface area contributed by atoms with E-state index in [2.05, 4.69) is 116 Å². The summed E-state index contributed by atoms with van der Waals surface area (Å²) in [7, 11) is -2.38. The monoisotopic (exact) mass is 389 g/mol. The second-order valence-corrected chi connectivity index (χ2v) is 11.6. The van der Waals surface area contributed by atoms with E-state index < -0.39 is 8.07 Å². The van der Waals surface area contributed by atoms with Gasteiger partial charge in [0.25, 0.3) is 0 Å². The smallest absolute Gasteiger partial charge is 0.155 e. The van der Waals surface area contributed by atoms with Crippen molar-refractivity contribution in [2.75, 3.05) is 0 Å². The molecule has 2 heteroatoms. The molecule has 4 aromatic rings. The van der Waals surface area contributed by atoms with E-state index in [1.165, 1.54) is 21.1 Å². The third kappa shape index (κ3) is 3.42.